The molecule has 0 N–H and O–H groups in total. The molecule has 62 valence electrons. The Morgan fingerprint density at radius 3 is 3.00 bits per heavy atom. The van der Waals surface area contributed by atoms with Gasteiger partial charge in [0, 0.05) is 6.42 Å². The molecule has 1 saturated heterocycles. The van der Waals surface area contributed by atoms with Gasteiger partial charge in [0.05, 0.1) is 6.10 Å². The minimum absolute atomic E-state index is 0.268. The fraction of sp³-hybridized carbons (Fsp3) is 0.889. The minimum Gasteiger partial charge on any atom is -0.358 e. The fourth-order valence-electron chi connectivity index (χ4n) is 2.03. The molecule has 2 nitrogen and oxygen atoms in total. The van der Waals surface area contributed by atoms with E-state index in [0.29, 0.717) is 11.9 Å². The molecule has 1 aliphatic carbocycles. The highest BCUT2D eigenvalue weighted by atomic mass is 16.6. The number of unbranched alkanes of at least 4 members (excludes halogenated alkanes) is 1. The van der Waals surface area contributed by atoms with Crippen molar-refractivity contribution in [3.63, 3.8) is 0 Å². The van der Waals surface area contributed by atoms with E-state index in [2.05, 4.69) is 6.92 Å². The van der Waals surface area contributed by atoms with Crippen molar-refractivity contribution in [2.45, 2.75) is 50.7 Å². The second-order valence-corrected chi connectivity index (χ2v) is 3.56. The maximum absolute atomic E-state index is 11.3. The van der Waals surface area contributed by atoms with E-state index in [9.17, 15) is 4.79 Å². The molecule has 2 atom stereocenters. The Bertz CT molecular complexity index is 188. The highest BCUT2D eigenvalue weighted by molar-refractivity contribution is 5.93. The molecule has 0 radical (unpaired) electrons. The van der Waals surface area contributed by atoms with Gasteiger partial charge in [0.25, 0.3) is 0 Å². The Kier molecular flexibility index (Phi) is 1.53. The first-order valence-electron chi connectivity index (χ1n) is 4.51. The Labute approximate surface area is 66.9 Å². The van der Waals surface area contributed by atoms with Crippen LogP contribution < -0.4 is 0 Å². The summed E-state index contributed by atoms with van der Waals surface area (Å²) in [6.07, 6.45) is 5.29. The number of ether oxygens (including phenoxy) is 1. The lowest BCUT2D eigenvalue weighted by Gasteiger charge is -2.04. The van der Waals surface area contributed by atoms with Gasteiger partial charge in [-0.3, -0.25) is 4.79 Å². The third-order valence-electron chi connectivity index (χ3n) is 2.82. The lowest BCUT2D eigenvalue weighted by atomic mass is 9.99. The van der Waals surface area contributed by atoms with Crippen LogP contribution in [-0.2, 0) is 9.53 Å². The van der Waals surface area contributed by atoms with Crippen LogP contribution in [0.25, 0.3) is 0 Å². The molecule has 2 aliphatic rings. The van der Waals surface area contributed by atoms with Crippen molar-refractivity contribution in [2.24, 2.45) is 0 Å². The largest absolute Gasteiger partial charge is 0.358 e. The summed E-state index contributed by atoms with van der Waals surface area (Å²) in [6.45, 7) is 2.15. The van der Waals surface area contributed by atoms with Crippen molar-refractivity contribution < 1.29 is 9.53 Å². The average molecular weight is 154 g/mol. The molecular weight excluding hydrogens is 140 g/mol. The molecule has 11 heavy (non-hydrogen) atoms. The molecule has 1 aliphatic heterocycles. The molecule has 2 rings (SSSR count). The molecule has 0 amide bonds. The fourth-order valence-corrected chi connectivity index (χ4v) is 2.03. The van der Waals surface area contributed by atoms with Crippen LogP contribution in [-0.4, -0.2) is 17.5 Å². The van der Waals surface area contributed by atoms with Crippen molar-refractivity contribution in [3.05, 3.63) is 0 Å². The maximum Gasteiger partial charge on any atom is 0.167 e. The SMILES string of the molecule is CCCCC12OC1CCC2=O. The van der Waals surface area contributed by atoms with Crippen LogP contribution in [0.5, 0.6) is 0 Å². The number of hydrogen-bond acceptors (Lipinski definition) is 2. The zero-order valence-corrected chi connectivity index (χ0v) is 6.93. The van der Waals surface area contributed by atoms with E-state index in [-0.39, 0.29) is 5.60 Å². The Balaban J connectivity index is 1.96. The molecule has 2 unspecified atom stereocenters. The number of ketones is 1. The van der Waals surface area contributed by atoms with E-state index in [4.69, 9.17) is 4.74 Å². The molecule has 1 heterocycles. The number of Topliss-reactive ketones (excluding diaryl/α,β-unsaturated/α-hetero) is 1. The first kappa shape index (κ1) is 7.29. The monoisotopic (exact) mass is 154 g/mol. The third kappa shape index (κ3) is 0.924. The van der Waals surface area contributed by atoms with Gasteiger partial charge < -0.3 is 4.74 Å². The zero-order chi connectivity index (χ0) is 7.90. The Hall–Kier alpha value is -0.370. The van der Waals surface area contributed by atoms with Crippen LogP contribution in [0.2, 0.25) is 0 Å². The molecule has 0 aromatic heterocycles. The lowest BCUT2D eigenvalue weighted by molar-refractivity contribution is -0.124. The van der Waals surface area contributed by atoms with Gasteiger partial charge >= 0.3 is 0 Å². The average Bonchev–Trinajstić information content (AvgIpc) is 2.65. The van der Waals surface area contributed by atoms with Gasteiger partial charge in [0.1, 0.15) is 0 Å². The highest BCUT2D eigenvalue weighted by Crippen LogP contribution is 2.50. The van der Waals surface area contributed by atoms with E-state index in [1.54, 1.807) is 0 Å². The zero-order valence-electron chi connectivity index (χ0n) is 6.93. The van der Waals surface area contributed by atoms with Crippen molar-refractivity contribution in [3.8, 4) is 0 Å². The second kappa shape index (κ2) is 2.31. The first-order chi connectivity index (χ1) is 5.29. The molecule has 2 fully saturated rings. The molecule has 2 heteroatoms. The molecular formula is C9H14O2. The number of hydrogen-bond donors (Lipinski definition) is 0. The highest BCUT2D eigenvalue weighted by Gasteiger charge is 2.64. The summed E-state index contributed by atoms with van der Waals surface area (Å²) in [5.41, 5.74) is -0.268. The Morgan fingerprint density at radius 1 is 1.73 bits per heavy atom. The van der Waals surface area contributed by atoms with Crippen molar-refractivity contribution in [1.82, 2.24) is 0 Å². The summed E-state index contributed by atoms with van der Waals surface area (Å²) in [4.78, 5) is 11.3. The molecule has 0 aromatic carbocycles. The normalized spacial score (nSPS) is 40.8. The van der Waals surface area contributed by atoms with Crippen LogP contribution in [0.1, 0.15) is 39.0 Å². The van der Waals surface area contributed by atoms with Gasteiger partial charge in [0.15, 0.2) is 11.4 Å². The predicted octanol–water partition coefficient (Wildman–Crippen LogP) is 1.68. The van der Waals surface area contributed by atoms with Crippen LogP contribution in [0.3, 0.4) is 0 Å². The van der Waals surface area contributed by atoms with Crippen molar-refractivity contribution in [1.29, 1.82) is 0 Å². The number of epoxide rings is 1. The molecule has 1 saturated carbocycles. The summed E-state index contributed by atoms with van der Waals surface area (Å²) in [5, 5.41) is 0. The summed E-state index contributed by atoms with van der Waals surface area (Å²) in [6, 6.07) is 0. The third-order valence-corrected chi connectivity index (χ3v) is 2.82. The van der Waals surface area contributed by atoms with Crippen LogP contribution in [0, 0.1) is 0 Å². The van der Waals surface area contributed by atoms with Gasteiger partial charge in [-0.2, -0.15) is 0 Å². The lowest BCUT2D eigenvalue weighted by Crippen LogP contribution is -2.21. The Morgan fingerprint density at radius 2 is 2.55 bits per heavy atom. The quantitative estimate of drug-likeness (QED) is 0.579. The van der Waals surface area contributed by atoms with E-state index < -0.39 is 0 Å². The number of carbonyl (C=O) groups is 1. The number of carbonyl (C=O) groups excluding carboxylic acids is 1. The first-order valence-corrected chi connectivity index (χ1v) is 4.51. The van der Waals surface area contributed by atoms with E-state index in [1.807, 2.05) is 0 Å². The van der Waals surface area contributed by atoms with Gasteiger partial charge in [-0.25, -0.2) is 0 Å². The van der Waals surface area contributed by atoms with E-state index in [1.165, 1.54) is 0 Å². The van der Waals surface area contributed by atoms with E-state index >= 15 is 0 Å². The summed E-state index contributed by atoms with van der Waals surface area (Å²) in [5.74, 6) is 0.357. The maximum atomic E-state index is 11.3. The van der Waals surface area contributed by atoms with Gasteiger partial charge in [-0.05, 0) is 12.8 Å². The van der Waals surface area contributed by atoms with Crippen molar-refractivity contribution >= 4 is 5.78 Å². The predicted molar refractivity (Wildman–Crippen MR) is 41.4 cm³/mol. The summed E-state index contributed by atoms with van der Waals surface area (Å²) in [7, 11) is 0. The van der Waals surface area contributed by atoms with Crippen LogP contribution >= 0.6 is 0 Å². The summed E-state index contributed by atoms with van der Waals surface area (Å²) >= 11 is 0. The molecule has 0 spiro atoms. The topological polar surface area (TPSA) is 29.6 Å². The number of fused-ring (bicyclic) bond motifs is 1. The smallest absolute Gasteiger partial charge is 0.167 e. The van der Waals surface area contributed by atoms with Crippen LogP contribution in [0.4, 0.5) is 0 Å². The summed E-state index contributed by atoms with van der Waals surface area (Å²) < 4.78 is 5.41. The standard InChI is InChI=1S/C9H14O2/c1-2-3-6-9-7(10)4-5-8(9)11-9/h8H,2-6H2,1H3. The molecule has 0 aromatic rings. The van der Waals surface area contributed by atoms with Gasteiger partial charge in [0.2, 0.25) is 0 Å². The van der Waals surface area contributed by atoms with Crippen molar-refractivity contribution in [2.75, 3.05) is 0 Å². The van der Waals surface area contributed by atoms with Gasteiger partial charge in [-0.1, -0.05) is 19.8 Å². The minimum atomic E-state index is -0.268. The molecule has 0 bridgehead atoms. The van der Waals surface area contributed by atoms with E-state index in [0.717, 1.165) is 32.1 Å². The number of rotatable bonds is 3. The van der Waals surface area contributed by atoms with Gasteiger partial charge in [-0.15, -0.1) is 0 Å². The second-order valence-electron chi connectivity index (χ2n) is 3.56. The van der Waals surface area contributed by atoms with Crippen LogP contribution in [0.15, 0.2) is 0 Å².